The van der Waals surface area contributed by atoms with Crippen molar-refractivity contribution in [3.8, 4) is 22.5 Å². The molecule has 0 aliphatic heterocycles. The Balaban J connectivity index is 1.63. The van der Waals surface area contributed by atoms with Gasteiger partial charge < -0.3 is 0 Å². The molecule has 0 spiro atoms. The Labute approximate surface area is 188 Å². The molecule has 5 nitrogen and oxygen atoms in total. The van der Waals surface area contributed by atoms with Gasteiger partial charge in [0.1, 0.15) is 0 Å². The molecule has 0 N–H and O–H groups in total. The summed E-state index contributed by atoms with van der Waals surface area (Å²) in [5.41, 5.74) is 3.85. The first-order valence-electron chi connectivity index (χ1n) is 10.4. The van der Waals surface area contributed by atoms with Crippen LogP contribution in [-0.4, -0.2) is 38.8 Å². The van der Waals surface area contributed by atoms with E-state index in [1.54, 1.807) is 6.33 Å². The fourth-order valence-electron chi connectivity index (χ4n) is 3.56. The molecule has 31 heavy (non-hydrogen) atoms. The second kappa shape index (κ2) is 10.4. The molecule has 0 atom stereocenters. The number of furan rings is 1. The van der Waals surface area contributed by atoms with Crippen LogP contribution in [0, 0.1) is 0 Å². The Hall–Kier alpha value is -2.91. The summed E-state index contributed by atoms with van der Waals surface area (Å²) in [7, 11) is 1.44. The van der Waals surface area contributed by atoms with E-state index < -0.39 is 0 Å². The number of nitrogens with zero attached hydrogens (tertiary/aromatic N) is 2. The second-order valence-corrected chi connectivity index (χ2v) is 9.67. The van der Waals surface area contributed by atoms with Gasteiger partial charge in [-0.1, -0.05) is 0 Å². The molecule has 2 aromatic carbocycles. The number of hydrogen-bond donors (Lipinski definition) is 0. The molecule has 1 radical (unpaired) electrons. The molecule has 0 fully saturated rings. The molecule has 0 saturated heterocycles. The summed E-state index contributed by atoms with van der Waals surface area (Å²) in [6.45, 7) is 0. The van der Waals surface area contributed by atoms with E-state index in [1.165, 1.54) is 7.11 Å². The standard InChI is InChI=1S/C25H24AsN2O3/c1-30-20(29)15-9-4-10-16-26-24-22-21(18-11-5-2-6-12-18)23(19-13-7-3-8-14-19)31-25(22)28-17-27-24/h2-3,5-8,11-14,17H,4,9-10,15-16H2,1H3. The zero-order chi connectivity index (χ0) is 21.5. The zero-order valence-corrected chi connectivity index (χ0v) is 19.3. The van der Waals surface area contributed by atoms with Crippen molar-refractivity contribution in [2.45, 2.75) is 30.9 Å². The monoisotopic (exact) mass is 475 g/mol. The number of carbonyl (C=O) groups excluding carboxylic acids is 1. The second-order valence-electron chi connectivity index (χ2n) is 7.18. The van der Waals surface area contributed by atoms with Gasteiger partial charge in [-0.2, -0.15) is 0 Å². The van der Waals surface area contributed by atoms with E-state index >= 15 is 0 Å². The van der Waals surface area contributed by atoms with Crippen LogP contribution in [0.1, 0.15) is 25.7 Å². The third kappa shape index (κ3) is 5.05. The third-order valence-electron chi connectivity index (χ3n) is 5.09. The van der Waals surface area contributed by atoms with Gasteiger partial charge in [0.15, 0.2) is 0 Å². The Kier molecular flexibility index (Phi) is 7.16. The number of rotatable bonds is 9. The van der Waals surface area contributed by atoms with Crippen molar-refractivity contribution >= 4 is 37.3 Å². The predicted molar refractivity (Wildman–Crippen MR) is 123 cm³/mol. The molecule has 2 heterocycles. The summed E-state index contributed by atoms with van der Waals surface area (Å²) in [6.07, 6.45) is 5.06. The summed E-state index contributed by atoms with van der Waals surface area (Å²) in [5, 5.41) is 2.12. The Morgan fingerprint density at radius 1 is 0.935 bits per heavy atom. The first kappa shape index (κ1) is 21.3. The van der Waals surface area contributed by atoms with Crippen molar-refractivity contribution in [1.29, 1.82) is 0 Å². The number of benzene rings is 2. The number of unbranched alkanes of at least 4 members (excludes halogenated alkanes) is 2. The molecule has 2 aromatic heterocycles. The van der Waals surface area contributed by atoms with Gasteiger partial charge in [-0.05, 0) is 0 Å². The maximum atomic E-state index is 11.3. The predicted octanol–water partition coefficient (Wildman–Crippen LogP) is 5.04. The van der Waals surface area contributed by atoms with Gasteiger partial charge in [0.05, 0.1) is 0 Å². The summed E-state index contributed by atoms with van der Waals surface area (Å²) < 4.78 is 12.1. The van der Waals surface area contributed by atoms with Crippen molar-refractivity contribution in [3.05, 3.63) is 67.0 Å². The molecule has 157 valence electrons. The number of fused-ring (bicyclic) bond motifs is 1. The molecule has 4 aromatic rings. The van der Waals surface area contributed by atoms with Gasteiger partial charge in [0.25, 0.3) is 0 Å². The van der Waals surface area contributed by atoms with Crippen LogP contribution in [0.15, 0.2) is 71.4 Å². The van der Waals surface area contributed by atoms with Crippen LogP contribution in [0.2, 0.25) is 5.21 Å². The molecular weight excluding hydrogens is 451 g/mol. The molecule has 4 rings (SSSR count). The number of aromatic nitrogens is 2. The quantitative estimate of drug-likeness (QED) is 0.193. The maximum absolute atomic E-state index is 11.3. The van der Waals surface area contributed by atoms with E-state index in [4.69, 9.17) is 9.15 Å². The van der Waals surface area contributed by atoms with Crippen LogP contribution in [0.25, 0.3) is 33.6 Å². The summed E-state index contributed by atoms with van der Waals surface area (Å²) in [6, 6.07) is 20.5. The van der Waals surface area contributed by atoms with Crippen LogP contribution in [0.4, 0.5) is 0 Å². The van der Waals surface area contributed by atoms with Crippen molar-refractivity contribution in [2.75, 3.05) is 7.11 Å². The van der Waals surface area contributed by atoms with Crippen molar-refractivity contribution in [2.24, 2.45) is 0 Å². The molecule has 0 saturated carbocycles. The van der Waals surface area contributed by atoms with Crippen LogP contribution in [0.3, 0.4) is 0 Å². The molecule has 0 bridgehead atoms. The van der Waals surface area contributed by atoms with Gasteiger partial charge in [-0.15, -0.1) is 0 Å². The number of carbonyl (C=O) groups is 1. The average Bonchev–Trinajstić information content (AvgIpc) is 3.22. The van der Waals surface area contributed by atoms with Crippen molar-refractivity contribution in [3.63, 3.8) is 0 Å². The number of ether oxygens (including phenoxy) is 1. The van der Waals surface area contributed by atoms with Gasteiger partial charge in [-0.3, -0.25) is 0 Å². The third-order valence-corrected chi connectivity index (χ3v) is 7.57. The fraction of sp³-hybridized carbons (Fsp3) is 0.240. The molecule has 0 aliphatic rings. The first-order valence-corrected chi connectivity index (χ1v) is 12.7. The zero-order valence-electron chi connectivity index (χ0n) is 17.5. The van der Waals surface area contributed by atoms with Crippen LogP contribution in [-0.2, 0) is 9.53 Å². The van der Waals surface area contributed by atoms with Crippen molar-refractivity contribution < 1.29 is 13.9 Å². The molecule has 0 aliphatic carbocycles. The van der Waals surface area contributed by atoms with Gasteiger partial charge >= 0.3 is 189 Å². The van der Waals surface area contributed by atoms with Crippen LogP contribution >= 0.6 is 0 Å². The number of hydrogen-bond acceptors (Lipinski definition) is 5. The summed E-state index contributed by atoms with van der Waals surface area (Å²) in [4.78, 5) is 20.4. The van der Waals surface area contributed by atoms with E-state index in [0.29, 0.717) is 12.1 Å². The summed E-state index contributed by atoms with van der Waals surface area (Å²) >= 11 is -0.137. The number of methoxy groups -OCH3 is 1. The first-order chi connectivity index (χ1) is 15.3. The minimum atomic E-state index is -0.137. The van der Waals surface area contributed by atoms with Crippen molar-refractivity contribution in [1.82, 2.24) is 9.97 Å². The van der Waals surface area contributed by atoms with E-state index in [1.807, 2.05) is 36.4 Å². The Morgan fingerprint density at radius 3 is 2.35 bits per heavy atom. The Bertz CT molecular complexity index is 1140. The Morgan fingerprint density at radius 2 is 1.65 bits per heavy atom. The molecule has 0 unspecified atom stereocenters. The molecule has 6 heteroatoms. The molecule has 0 amide bonds. The van der Waals surface area contributed by atoms with E-state index in [9.17, 15) is 4.79 Å². The summed E-state index contributed by atoms with van der Waals surface area (Å²) in [5.74, 6) is 0.702. The average molecular weight is 475 g/mol. The fourth-order valence-corrected chi connectivity index (χ4v) is 5.85. The normalized spacial score (nSPS) is 11.4. The number of esters is 1. The van der Waals surface area contributed by atoms with E-state index in [0.717, 1.165) is 56.8 Å². The topological polar surface area (TPSA) is 65.2 Å². The van der Waals surface area contributed by atoms with E-state index in [2.05, 4.69) is 34.2 Å². The van der Waals surface area contributed by atoms with E-state index in [-0.39, 0.29) is 21.7 Å². The minimum absolute atomic E-state index is 0.134. The van der Waals surface area contributed by atoms with Crippen LogP contribution < -0.4 is 4.48 Å². The molecular formula is C25H24AsN2O3. The SMILES string of the molecule is COC(=O)CCCCC[As]c1ncnc2oc(-c3ccccc3)c(-c3ccccc3)c12. The van der Waals surface area contributed by atoms with Crippen LogP contribution in [0.5, 0.6) is 0 Å². The van der Waals surface area contributed by atoms with Gasteiger partial charge in [0.2, 0.25) is 0 Å². The van der Waals surface area contributed by atoms with Gasteiger partial charge in [-0.25, -0.2) is 0 Å². The van der Waals surface area contributed by atoms with Gasteiger partial charge in [0, 0.05) is 0 Å².